The molecule has 0 aliphatic carbocycles. The van der Waals surface area contributed by atoms with Crippen LogP contribution in [0.4, 0.5) is 5.82 Å². The van der Waals surface area contributed by atoms with E-state index >= 15 is 0 Å². The third-order valence-corrected chi connectivity index (χ3v) is 3.02. The number of aromatic nitrogens is 2. The average molecular weight is 289 g/mol. The fraction of sp³-hybridized carbons (Fsp3) is 0.333. The van der Waals surface area contributed by atoms with E-state index in [9.17, 15) is 10.2 Å². The number of benzene rings is 1. The number of nitrogens with zero attached hydrogens (tertiary/aromatic N) is 2. The lowest BCUT2D eigenvalue weighted by Gasteiger charge is -2.11. The Hall–Kier alpha value is -2.34. The van der Waals surface area contributed by atoms with Crippen LogP contribution in [0, 0.1) is 6.92 Å². The molecule has 6 nitrogen and oxygen atoms in total. The van der Waals surface area contributed by atoms with E-state index in [1.807, 2.05) is 13.0 Å². The monoisotopic (exact) mass is 289 g/mol. The Balaban J connectivity index is 2.28. The Morgan fingerprint density at radius 2 is 2.05 bits per heavy atom. The molecule has 6 heteroatoms. The predicted octanol–water partition coefficient (Wildman–Crippen LogP) is 1.96. The van der Waals surface area contributed by atoms with Crippen molar-refractivity contribution in [2.75, 3.05) is 19.0 Å². The third-order valence-electron chi connectivity index (χ3n) is 3.02. The van der Waals surface area contributed by atoms with Crippen LogP contribution in [0.2, 0.25) is 0 Å². The van der Waals surface area contributed by atoms with Gasteiger partial charge >= 0.3 is 0 Å². The van der Waals surface area contributed by atoms with Gasteiger partial charge in [-0.15, -0.1) is 10.2 Å². The lowest BCUT2D eigenvalue weighted by Crippen LogP contribution is -2.16. The fourth-order valence-corrected chi connectivity index (χ4v) is 1.93. The number of hydrogen-bond donors (Lipinski definition) is 3. The van der Waals surface area contributed by atoms with Crippen molar-refractivity contribution >= 4 is 5.82 Å². The van der Waals surface area contributed by atoms with Gasteiger partial charge in [0.2, 0.25) is 0 Å². The van der Waals surface area contributed by atoms with Crippen molar-refractivity contribution in [1.82, 2.24) is 10.2 Å². The van der Waals surface area contributed by atoms with Crippen molar-refractivity contribution in [3.63, 3.8) is 0 Å². The van der Waals surface area contributed by atoms with Crippen molar-refractivity contribution in [2.45, 2.75) is 20.0 Å². The van der Waals surface area contributed by atoms with E-state index in [2.05, 4.69) is 15.5 Å². The summed E-state index contributed by atoms with van der Waals surface area (Å²) in [6.45, 7) is 3.99. The third kappa shape index (κ3) is 3.61. The van der Waals surface area contributed by atoms with Gasteiger partial charge in [-0.2, -0.15) is 0 Å². The zero-order valence-electron chi connectivity index (χ0n) is 12.3. The van der Waals surface area contributed by atoms with Crippen LogP contribution in [-0.4, -0.2) is 40.2 Å². The Morgan fingerprint density at radius 1 is 1.29 bits per heavy atom. The first-order chi connectivity index (χ1) is 10.0. The van der Waals surface area contributed by atoms with Crippen molar-refractivity contribution < 1.29 is 14.9 Å². The minimum atomic E-state index is -0.461. The number of hydrogen-bond acceptors (Lipinski definition) is 6. The van der Waals surface area contributed by atoms with E-state index in [-0.39, 0.29) is 5.75 Å². The molecular formula is C15H19N3O3. The molecule has 0 aliphatic heterocycles. The van der Waals surface area contributed by atoms with Gasteiger partial charge in [0, 0.05) is 18.2 Å². The highest BCUT2D eigenvalue weighted by Gasteiger charge is 2.11. The van der Waals surface area contributed by atoms with Gasteiger partial charge in [0.1, 0.15) is 17.3 Å². The molecule has 0 amide bonds. The van der Waals surface area contributed by atoms with E-state index < -0.39 is 6.10 Å². The molecule has 2 aromatic rings. The average Bonchev–Trinajstić information content (AvgIpc) is 2.45. The molecule has 0 aliphatic rings. The van der Waals surface area contributed by atoms with Crippen LogP contribution < -0.4 is 10.1 Å². The van der Waals surface area contributed by atoms with Crippen LogP contribution in [0.15, 0.2) is 24.3 Å². The highest BCUT2D eigenvalue weighted by atomic mass is 16.5. The van der Waals surface area contributed by atoms with Gasteiger partial charge in [0.25, 0.3) is 0 Å². The van der Waals surface area contributed by atoms with Gasteiger partial charge in [-0.05, 0) is 37.6 Å². The maximum Gasteiger partial charge on any atom is 0.149 e. The second-order valence-corrected chi connectivity index (χ2v) is 4.87. The van der Waals surface area contributed by atoms with Crippen molar-refractivity contribution in [2.24, 2.45) is 0 Å². The number of aliphatic hydroxyl groups excluding tert-OH is 1. The minimum absolute atomic E-state index is 0.0939. The molecular weight excluding hydrogens is 270 g/mol. The zero-order chi connectivity index (χ0) is 15.4. The predicted molar refractivity (Wildman–Crippen MR) is 80.6 cm³/mol. The summed E-state index contributed by atoms with van der Waals surface area (Å²) in [7, 11) is 1.54. The Morgan fingerprint density at radius 3 is 2.62 bits per heavy atom. The number of anilines is 1. The van der Waals surface area contributed by atoms with Gasteiger partial charge in [0.05, 0.1) is 18.9 Å². The highest BCUT2D eigenvalue weighted by Crippen LogP contribution is 2.33. The molecule has 0 radical (unpaired) electrons. The van der Waals surface area contributed by atoms with Gasteiger partial charge < -0.3 is 20.3 Å². The first kappa shape index (κ1) is 15.1. The molecule has 1 atom stereocenters. The van der Waals surface area contributed by atoms with Crippen LogP contribution in [0.3, 0.4) is 0 Å². The molecule has 0 spiro atoms. The van der Waals surface area contributed by atoms with Gasteiger partial charge in [-0.25, -0.2) is 0 Å². The molecule has 21 heavy (non-hydrogen) atoms. The van der Waals surface area contributed by atoms with Crippen LogP contribution in [-0.2, 0) is 0 Å². The highest BCUT2D eigenvalue weighted by molar-refractivity contribution is 5.71. The van der Waals surface area contributed by atoms with Gasteiger partial charge in [0.15, 0.2) is 0 Å². The Bertz CT molecular complexity index is 630. The number of rotatable bonds is 5. The van der Waals surface area contributed by atoms with Crippen LogP contribution in [0.1, 0.15) is 12.5 Å². The summed E-state index contributed by atoms with van der Waals surface area (Å²) in [6, 6.07) is 6.87. The molecule has 0 saturated heterocycles. The lowest BCUT2D eigenvalue weighted by atomic mass is 10.1. The number of methoxy groups -OCH3 is 1. The van der Waals surface area contributed by atoms with E-state index in [1.165, 1.54) is 6.07 Å². The van der Waals surface area contributed by atoms with E-state index in [1.54, 1.807) is 26.2 Å². The molecule has 0 unspecified atom stereocenters. The number of aryl methyl sites for hydroxylation is 1. The first-order valence-electron chi connectivity index (χ1n) is 6.65. The summed E-state index contributed by atoms with van der Waals surface area (Å²) in [5, 5.41) is 30.5. The summed E-state index contributed by atoms with van der Waals surface area (Å²) in [4.78, 5) is 0. The molecule has 2 rings (SSSR count). The van der Waals surface area contributed by atoms with Crippen molar-refractivity contribution in [3.05, 3.63) is 29.8 Å². The molecule has 0 bridgehead atoms. The maximum atomic E-state index is 10.0. The normalized spacial score (nSPS) is 12.0. The number of phenols is 1. The van der Waals surface area contributed by atoms with Crippen LogP contribution >= 0.6 is 0 Å². The van der Waals surface area contributed by atoms with Crippen molar-refractivity contribution in [1.29, 1.82) is 0 Å². The van der Waals surface area contributed by atoms with E-state index in [0.717, 1.165) is 5.56 Å². The van der Waals surface area contributed by atoms with E-state index in [0.29, 0.717) is 29.4 Å². The quantitative estimate of drug-likeness (QED) is 0.780. The molecule has 0 fully saturated rings. The van der Waals surface area contributed by atoms with Crippen molar-refractivity contribution in [3.8, 4) is 22.8 Å². The summed E-state index contributed by atoms with van der Waals surface area (Å²) >= 11 is 0. The first-order valence-corrected chi connectivity index (χ1v) is 6.65. The summed E-state index contributed by atoms with van der Waals surface area (Å²) in [6.07, 6.45) is -0.461. The maximum absolute atomic E-state index is 10.0. The molecule has 3 N–H and O–H groups in total. The molecule has 1 heterocycles. The summed E-state index contributed by atoms with van der Waals surface area (Å²) in [5.74, 6) is 1.26. The Kier molecular flexibility index (Phi) is 4.59. The number of aromatic hydroxyl groups is 1. The largest absolute Gasteiger partial charge is 0.507 e. The molecule has 112 valence electrons. The lowest BCUT2D eigenvalue weighted by molar-refractivity contribution is 0.208. The Labute approximate surface area is 123 Å². The van der Waals surface area contributed by atoms with Crippen LogP contribution in [0.5, 0.6) is 11.5 Å². The number of ether oxygens (including phenoxy) is 1. The second kappa shape index (κ2) is 6.41. The minimum Gasteiger partial charge on any atom is -0.507 e. The SMILES string of the molecule is COc1ccc(-c2nnc(NC[C@@H](C)O)cc2C)c(O)c1. The van der Waals surface area contributed by atoms with E-state index in [4.69, 9.17) is 4.74 Å². The summed E-state index contributed by atoms with van der Waals surface area (Å²) in [5.41, 5.74) is 2.08. The zero-order valence-corrected chi connectivity index (χ0v) is 12.3. The molecule has 1 aromatic heterocycles. The topological polar surface area (TPSA) is 87.5 Å². The van der Waals surface area contributed by atoms with Gasteiger partial charge in [-0.3, -0.25) is 0 Å². The van der Waals surface area contributed by atoms with Gasteiger partial charge in [-0.1, -0.05) is 0 Å². The number of aliphatic hydroxyl groups is 1. The smallest absolute Gasteiger partial charge is 0.149 e. The number of phenolic OH excluding ortho intramolecular Hbond substituents is 1. The molecule has 0 saturated carbocycles. The second-order valence-electron chi connectivity index (χ2n) is 4.87. The number of nitrogens with one attached hydrogen (secondary N) is 1. The van der Waals surface area contributed by atoms with Crippen LogP contribution in [0.25, 0.3) is 11.3 Å². The summed E-state index contributed by atoms with van der Waals surface area (Å²) < 4.78 is 5.06. The molecule has 1 aromatic carbocycles. The standard InChI is InChI=1S/C15H19N3O3/c1-9-6-14(16-8-10(2)19)17-18-15(9)12-5-4-11(21-3)7-13(12)20/h4-7,10,19-20H,8H2,1-3H3,(H,16,17)/t10-/m1/s1. The fourth-order valence-electron chi connectivity index (χ4n) is 1.93.